The summed E-state index contributed by atoms with van der Waals surface area (Å²) in [6, 6.07) is 11.2. The first-order chi connectivity index (χ1) is 20.8. The molecule has 0 bridgehead atoms. The zero-order chi connectivity index (χ0) is 31.9. The van der Waals surface area contributed by atoms with E-state index in [4.69, 9.17) is 9.15 Å². The molecule has 5 rings (SSSR count). The van der Waals surface area contributed by atoms with Gasteiger partial charge in [-0.15, -0.1) is 0 Å². The molecule has 0 amide bonds. The van der Waals surface area contributed by atoms with Crippen LogP contribution in [0.2, 0.25) is 0 Å². The lowest BCUT2D eigenvalue weighted by molar-refractivity contribution is 0.0799. The van der Waals surface area contributed by atoms with Crippen molar-refractivity contribution in [2.45, 2.75) is 38.7 Å². The SMILES string of the molecule is Cc1cn(-c2ccc(-c3cc(F)c(CO)c(S(C)(=O)=O)c3)cc2-c2nc(C)oc2-c2ccc(OCC(F)F)c(F)c2)c(C)n1. The number of rotatable bonds is 9. The summed E-state index contributed by atoms with van der Waals surface area (Å²) in [5, 5.41) is 9.64. The highest BCUT2D eigenvalue weighted by Gasteiger charge is 2.24. The lowest BCUT2D eigenvalue weighted by atomic mass is 9.97. The number of sulfone groups is 1. The Kier molecular flexibility index (Phi) is 8.36. The summed E-state index contributed by atoms with van der Waals surface area (Å²) in [4.78, 5) is 8.70. The molecule has 8 nitrogen and oxygen atoms in total. The molecule has 3 aromatic carbocycles. The zero-order valence-electron chi connectivity index (χ0n) is 24.0. The van der Waals surface area contributed by atoms with Crippen molar-refractivity contribution in [1.82, 2.24) is 14.5 Å². The van der Waals surface area contributed by atoms with E-state index in [0.29, 0.717) is 22.6 Å². The molecule has 0 saturated heterocycles. The monoisotopic (exact) mass is 629 g/mol. The van der Waals surface area contributed by atoms with E-state index in [2.05, 4.69) is 9.97 Å². The standard InChI is InChI=1S/C31H27F4N3O5S/c1-16-13-38(17(2)36-16)26-7-5-19(21-11-24(32)23(14-39)28(12-21)44(4,40)41)9-22(26)30-31(43-18(3)37-30)20-6-8-27(25(33)10-20)42-15-29(34)35/h5-13,29,39H,14-15H2,1-4H3. The maximum Gasteiger partial charge on any atom is 0.272 e. The first-order valence-corrected chi connectivity index (χ1v) is 15.1. The second kappa shape index (κ2) is 11.9. The van der Waals surface area contributed by atoms with Crippen LogP contribution in [0.5, 0.6) is 5.75 Å². The Morgan fingerprint density at radius 1 is 0.955 bits per heavy atom. The molecule has 44 heavy (non-hydrogen) atoms. The van der Waals surface area contributed by atoms with E-state index in [1.165, 1.54) is 18.2 Å². The molecular weight excluding hydrogens is 602 g/mol. The number of ether oxygens (including phenoxy) is 1. The molecule has 0 fully saturated rings. The summed E-state index contributed by atoms with van der Waals surface area (Å²) in [5.41, 5.74) is 2.61. The van der Waals surface area contributed by atoms with Gasteiger partial charge in [-0.25, -0.2) is 35.9 Å². The summed E-state index contributed by atoms with van der Waals surface area (Å²) < 4.78 is 92.6. The Balaban J connectivity index is 1.73. The predicted molar refractivity (Wildman–Crippen MR) is 155 cm³/mol. The Morgan fingerprint density at radius 3 is 2.27 bits per heavy atom. The van der Waals surface area contributed by atoms with Crippen molar-refractivity contribution in [2.75, 3.05) is 12.9 Å². The fourth-order valence-corrected chi connectivity index (χ4v) is 5.91. The van der Waals surface area contributed by atoms with Crippen LogP contribution in [0.1, 0.15) is 23.0 Å². The van der Waals surface area contributed by atoms with Crippen molar-refractivity contribution in [3.8, 4) is 45.1 Å². The van der Waals surface area contributed by atoms with Gasteiger partial charge in [-0.1, -0.05) is 6.07 Å². The number of nitrogens with zero attached hydrogens (tertiary/aromatic N) is 3. The van der Waals surface area contributed by atoms with Crippen LogP contribution in [0.25, 0.3) is 39.4 Å². The fourth-order valence-electron chi connectivity index (χ4n) is 4.96. The predicted octanol–water partition coefficient (Wildman–Crippen LogP) is 6.60. The van der Waals surface area contributed by atoms with E-state index in [1.807, 2.05) is 11.5 Å². The van der Waals surface area contributed by atoms with Gasteiger partial charge in [0.1, 0.15) is 23.9 Å². The van der Waals surface area contributed by atoms with Gasteiger partial charge in [0, 0.05) is 36.1 Å². The number of benzene rings is 3. The Bertz CT molecular complexity index is 1990. The number of aliphatic hydroxyl groups excluding tert-OH is 1. The van der Waals surface area contributed by atoms with Crippen LogP contribution in [0, 0.1) is 32.4 Å². The van der Waals surface area contributed by atoms with Crippen LogP contribution < -0.4 is 4.74 Å². The molecule has 0 aliphatic carbocycles. The number of oxazole rings is 1. The number of hydrogen-bond acceptors (Lipinski definition) is 7. The van der Waals surface area contributed by atoms with Crippen LogP contribution in [0.4, 0.5) is 17.6 Å². The van der Waals surface area contributed by atoms with Crippen molar-refractivity contribution >= 4 is 9.84 Å². The number of imidazole rings is 1. The van der Waals surface area contributed by atoms with Crippen LogP contribution in [0.3, 0.4) is 0 Å². The van der Waals surface area contributed by atoms with Crippen molar-refractivity contribution in [3.63, 3.8) is 0 Å². The van der Waals surface area contributed by atoms with Crippen LogP contribution in [-0.2, 0) is 16.4 Å². The number of hydrogen-bond donors (Lipinski definition) is 1. The summed E-state index contributed by atoms with van der Waals surface area (Å²) >= 11 is 0. The molecule has 0 aliphatic rings. The second-order valence-corrected chi connectivity index (χ2v) is 12.1. The second-order valence-electron chi connectivity index (χ2n) is 10.2. The van der Waals surface area contributed by atoms with E-state index in [-0.39, 0.29) is 44.7 Å². The topological polar surface area (TPSA) is 107 Å². The molecule has 13 heteroatoms. The number of halogens is 4. The minimum Gasteiger partial charge on any atom is -0.485 e. The first-order valence-electron chi connectivity index (χ1n) is 13.3. The van der Waals surface area contributed by atoms with Crippen LogP contribution in [0.15, 0.2) is 64.0 Å². The van der Waals surface area contributed by atoms with Gasteiger partial charge in [0.2, 0.25) is 0 Å². The Morgan fingerprint density at radius 2 is 1.66 bits per heavy atom. The molecule has 230 valence electrons. The maximum absolute atomic E-state index is 15.1. The molecule has 0 unspecified atom stereocenters. The van der Waals surface area contributed by atoms with Gasteiger partial charge in [-0.2, -0.15) is 0 Å². The lowest BCUT2D eigenvalue weighted by Gasteiger charge is -2.15. The molecule has 0 radical (unpaired) electrons. The highest BCUT2D eigenvalue weighted by Crippen LogP contribution is 2.40. The van der Waals surface area contributed by atoms with E-state index >= 15 is 4.39 Å². The normalized spacial score (nSPS) is 11.9. The zero-order valence-corrected chi connectivity index (χ0v) is 24.8. The van der Waals surface area contributed by atoms with Crippen LogP contribution in [-0.4, -0.2) is 47.3 Å². The summed E-state index contributed by atoms with van der Waals surface area (Å²) in [5.74, 6) is -1.09. The molecular formula is C31H27F4N3O5S. The number of alkyl halides is 2. The minimum atomic E-state index is -3.90. The highest BCUT2D eigenvalue weighted by atomic mass is 32.2. The highest BCUT2D eigenvalue weighted by molar-refractivity contribution is 7.90. The Hall–Kier alpha value is -4.49. The van der Waals surface area contributed by atoms with Gasteiger partial charge in [0.05, 0.1) is 22.9 Å². The molecule has 2 aromatic heterocycles. The van der Waals surface area contributed by atoms with E-state index in [9.17, 15) is 26.7 Å². The van der Waals surface area contributed by atoms with Gasteiger partial charge in [0.25, 0.3) is 6.43 Å². The van der Waals surface area contributed by atoms with Crippen molar-refractivity contribution < 1.29 is 40.2 Å². The summed E-state index contributed by atoms with van der Waals surface area (Å²) in [6.07, 6.45) is -0.0517. The van der Waals surface area contributed by atoms with Gasteiger partial charge in [0.15, 0.2) is 33.1 Å². The van der Waals surface area contributed by atoms with Gasteiger partial charge >= 0.3 is 0 Å². The third-order valence-corrected chi connectivity index (χ3v) is 8.02. The average Bonchev–Trinajstić information content (AvgIpc) is 3.51. The van der Waals surface area contributed by atoms with E-state index < -0.39 is 41.1 Å². The average molecular weight is 630 g/mol. The van der Waals surface area contributed by atoms with Crippen molar-refractivity contribution in [1.29, 1.82) is 0 Å². The van der Waals surface area contributed by atoms with Gasteiger partial charge in [-0.05, 0) is 67.4 Å². The third kappa shape index (κ3) is 6.10. The molecule has 1 N–H and O–H groups in total. The van der Waals surface area contributed by atoms with Gasteiger partial charge < -0.3 is 18.8 Å². The fraction of sp³-hybridized carbons (Fsp3) is 0.226. The quantitative estimate of drug-likeness (QED) is 0.183. The molecule has 5 aromatic rings. The molecule has 0 saturated carbocycles. The Labute approximate surface area is 250 Å². The number of aromatic nitrogens is 3. The molecule has 0 aliphatic heterocycles. The smallest absolute Gasteiger partial charge is 0.272 e. The summed E-state index contributed by atoms with van der Waals surface area (Å²) in [7, 11) is -3.90. The summed E-state index contributed by atoms with van der Waals surface area (Å²) in [6.45, 7) is 3.45. The van der Waals surface area contributed by atoms with E-state index in [0.717, 1.165) is 24.1 Å². The number of aryl methyl sites for hydroxylation is 3. The minimum absolute atomic E-state index is 0.160. The molecule has 2 heterocycles. The van der Waals surface area contributed by atoms with Crippen molar-refractivity contribution in [3.05, 3.63) is 89.3 Å². The third-order valence-electron chi connectivity index (χ3n) is 6.85. The number of aliphatic hydroxyl groups is 1. The first kappa shape index (κ1) is 31.0. The van der Waals surface area contributed by atoms with Crippen molar-refractivity contribution in [2.24, 2.45) is 0 Å². The molecule has 0 spiro atoms. The van der Waals surface area contributed by atoms with Gasteiger partial charge in [-0.3, -0.25) is 0 Å². The molecule has 0 atom stereocenters. The lowest BCUT2D eigenvalue weighted by Crippen LogP contribution is -2.08. The van der Waals surface area contributed by atoms with Crippen LogP contribution >= 0.6 is 0 Å². The maximum atomic E-state index is 15.1. The largest absolute Gasteiger partial charge is 0.485 e. The van der Waals surface area contributed by atoms with E-state index in [1.54, 1.807) is 38.2 Å².